The van der Waals surface area contributed by atoms with Crippen molar-refractivity contribution in [1.29, 1.82) is 0 Å². The quantitative estimate of drug-likeness (QED) is 0.347. The number of hydrogen-bond acceptors (Lipinski definition) is 3. The molecule has 0 unspecified atom stereocenters. The van der Waals surface area contributed by atoms with Crippen LogP contribution >= 0.6 is 38.5 Å². The van der Waals surface area contributed by atoms with Gasteiger partial charge in [0.15, 0.2) is 0 Å². The zero-order valence-corrected chi connectivity index (χ0v) is 9.59. The Hall–Kier alpha value is -0.210. The van der Waals surface area contributed by atoms with Crippen LogP contribution in [0, 0.1) is 3.57 Å². The summed E-state index contributed by atoms with van der Waals surface area (Å²) < 4.78 is 1.59. The molecular weight excluding hydrogens is 337 g/mol. The number of amides is 1. The fraction of sp³-hybridized carbons (Fsp3) is 0. The normalized spacial score (nSPS) is 9.58. The lowest BCUT2D eigenvalue weighted by atomic mass is 10.3. The summed E-state index contributed by atoms with van der Waals surface area (Å²) in [4.78, 5) is 14.9. The topological polar surface area (TPSA) is 68.0 Å². The second-order valence-corrected chi connectivity index (χ2v) is 4.06. The molecule has 6 heteroatoms. The van der Waals surface area contributed by atoms with Gasteiger partial charge in [0.05, 0.1) is 0 Å². The van der Waals surface area contributed by atoms with Gasteiger partial charge in [0.1, 0.15) is 5.69 Å². The van der Waals surface area contributed by atoms with Gasteiger partial charge in [-0.25, -0.2) is 10.8 Å². The van der Waals surface area contributed by atoms with Crippen LogP contribution in [0.15, 0.2) is 16.7 Å². The van der Waals surface area contributed by atoms with Crippen molar-refractivity contribution < 1.29 is 4.79 Å². The van der Waals surface area contributed by atoms with Gasteiger partial charge < -0.3 is 0 Å². The second kappa shape index (κ2) is 4.15. The minimum Gasteiger partial charge on any atom is -0.289 e. The van der Waals surface area contributed by atoms with Gasteiger partial charge in [0.25, 0.3) is 5.91 Å². The molecule has 0 aromatic carbocycles. The summed E-state index contributed by atoms with van der Waals surface area (Å²) in [5.41, 5.74) is 2.30. The average Bonchev–Trinajstić information content (AvgIpc) is 2.03. The maximum Gasteiger partial charge on any atom is 0.284 e. The highest BCUT2D eigenvalue weighted by molar-refractivity contribution is 14.1. The molecule has 0 atom stereocenters. The zero-order chi connectivity index (χ0) is 9.14. The summed E-state index contributed by atoms with van der Waals surface area (Å²) >= 11 is 5.31. The number of nitrogen functional groups attached to an aromatic ring is 1. The molecule has 4 nitrogen and oxygen atoms in total. The second-order valence-electron chi connectivity index (χ2n) is 1.96. The molecule has 1 aromatic heterocycles. The molecule has 12 heavy (non-hydrogen) atoms. The molecule has 64 valence electrons. The van der Waals surface area contributed by atoms with Gasteiger partial charge in [-0.1, -0.05) is 0 Å². The van der Waals surface area contributed by atoms with Gasteiger partial charge >= 0.3 is 0 Å². The smallest absolute Gasteiger partial charge is 0.284 e. The molecule has 0 fully saturated rings. The fourth-order valence-corrected chi connectivity index (χ4v) is 2.06. The average molecular weight is 342 g/mol. The summed E-state index contributed by atoms with van der Waals surface area (Å²) in [5.74, 6) is 4.54. The lowest BCUT2D eigenvalue weighted by molar-refractivity contribution is 0.0948. The molecule has 1 rings (SSSR count). The van der Waals surface area contributed by atoms with Crippen LogP contribution in [0.1, 0.15) is 10.5 Å². The summed E-state index contributed by atoms with van der Waals surface area (Å²) in [6.45, 7) is 0. The van der Waals surface area contributed by atoms with Crippen molar-refractivity contribution in [2.24, 2.45) is 5.84 Å². The van der Waals surface area contributed by atoms with E-state index in [4.69, 9.17) is 5.84 Å². The lowest BCUT2D eigenvalue weighted by Crippen LogP contribution is -2.31. The van der Waals surface area contributed by atoms with Crippen molar-refractivity contribution in [3.63, 3.8) is 0 Å². The molecule has 0 saturated carbocycles. The van der Waals surface area contributed by atoms with Crippen LogP contribution < -0.4 is 11.3 Å². The van der Waals surface area contributed by atoms with E-state index in [0.717, 1.165) is 3.57 Å². The van der Waals surface area contributed by atoms with E-state index in [0.29, 0.717) is 4.47 Å². The highest BCUT2D eigenvalue weighted by Gasteiger charge is 2.09. The van der Waals surface area contributed by atoms with E-state index in [-0.39, 0.29) is 5.69 Å². The SMILES string of the molecule is NNC(=O)c1ncc(I)cc1Br. The van der Waals surface area contributed by atoms with Crippen LogP contribution in [0.2, 0.25) is 0 Å². The van der Waals surface area contributed by atoms with Gasteiger partial charge in [0.2, 0.25) is 0 Å². The maximum absolute atomic E-state index is 11.0. The molecule has 0 bridgehead atoms. The van der Waals surface area contributed by atoms with Gasteiger partial charge in [-0.2, -0.15) is 0 Å². The summed E-state index contributed by atoms with van der Waals surface area (Å²) in [6, 6.07) is 1.79. The van der Waals surface area contributed by atoms with Gasteiger partial charge in [-0.3, -0.25) is 10.2 Å². The number of nitrogens with one attached hydrogen (secondary N) is 1. The van der Waals surface area contributed by atoms with E-state index in [1.165, 1.54) is 0 Å². The number of carbonyl (C=O) groups is 1. The standard InChI is InChI=1S/C6H5BrIN3O/c7-4-1-3(8)2-10-5(4)6(12)11-9/h1-2H,9H2,(H,11,12). The van der Waals surface area contributed by atoms with E-state index < -0.39 is 5.91 Å². The predicted octanol–water partition coefficient (Wildman–Crippen LogP) is 1.05. The Morgan fingerprint density at radius 3 is 2.92 bits per heavy atom. The van der Waals surface area contributed by atoms with Gasteiger partial charge in [-0.15, -0.1) is 0 Å². The molecule has 0 saturated heterocycles. The number of rotatable bonds is 1. The van der Waals surface area contributed by atoms with Gasteiger partial charge in [-0.05, 0) is 44.6 Å². The third-order valence-electron chi connectivity index (χ3n) is 1.15. The third kappa shape index (κ3) is 2.14. The molecule has 0 radical (unpaired) electrons. The molecule has 0 aliphatic rings. The minimum absolute atomic E-state index is 0.290. The monoisotopic (exact) mass is 341 g/mol. The molecule has 3 N–H and O–H groups in total. The largest absolute Gasteiger partial charge is 0.289 e. The first kappa shape index (κ1) is 9.87. The van der Waals surface area contributed by atoms with Gasteiger partial charge in [0, 0.05) is 14.2 Å². The molecule has 0 aliphatic heterocycles. The number of nitrogens with two attached hydrogens (primary N) is 1. The van der Waals surface area contributed by atoms with E-state index in [1.54, 1.807) is 12.3 Å². The van der Waals surface area contributed by atoms with Crippen LogP contribution in [0.25, 0.3) is 0 Å². The van der Waals surface area contributed by atoms with Crippen LogP contribution in [0.4, 0.5) is 0 Å². The van der Waals surface area contributed by atoms with Crippen LogP contribution in [0.3, 0.4) is 0 Å². The number of pyridine rings is 1. The number of nitrogens with zero attached hydrogens (tertiary/aromatic N) is 1. The minimum atomic E-state index is -0.404. The zero-order valence-electron chi connectivity index (χ0n) is 5.84. The lowest BCUT2D eigenvalue weighted by Gasteiger charge is -2.00. The molecule has 0 aliphatic carbocycles. The van der Waals surface area contributed by atoms with Crippen LogP contribution in [0.5, 0.6) is 0 Å². The van der Waals surface area contributed by atoms with E-state index in [9.17, 15) is 4.79 Å². The molecule has 0 spiro atoms. The first-order valence-electron chi connectivity index (χ1n) is 2.97. The maximum atomic E-state index is 11.0. The predicted molar refractivity (Wildman–Crippen MR) is 56.3 cm³/mol. The number of halogens is 2. The highest BCUT2D eigenvalue weighted by Crippen LogP contribution is 2.16. The number of aromatic nitrogens is 1. The first-order chi connectivity index (χ1) is 5.65. The Balaban J connectivity index is 3.09. The Morgan fingerprint density at radius 1 is 1.75 bits per heavy atom. The Bertz CT molecular complexity index is 318. The summed E-state index contributed by atoms with van der Waals surface area (Å²) in [5, 5.41) is 0. The Morgan fingerprint density at radius 2 is 2.42 bits per heavy atom. The molecule has 1 heterocycles. The van der Waals surface area contributed by atoms with Crippen molar-refractivity contribution in [3.8, 4) is 0 Å². The summed E-state index contributed by atoms with van der Waals surface area (Å²) in [6.07, 6.45) is 1.59. The van der Waals surface area contributed by atoms with Crippen LogP contribution in [-0.4, -0.2) is 10.9 Å². The van der Waals surface area contributed by atoms with Crippen molar-refractivity contribution in [1.82, 2.24) is 10.4 Å². The molecule has 1 amide bonds. The van der Waals surface area contributed by atoms with Crippen molar-refractivity contribution >= 4 is 44.4 Å². The fourth-order valence-electron chi connectivity index (χ4n) is 0.650. The summed E-state index contributed by atoms with van der Waals surface area (Å²) in [7, 11) is 0. The highest BCUT2D eigenvalue weighted by atomic mass is 127. The molecular formula is C6H5BrIN3O. The van der Waals surface area contributed by atoms with Crippen molar-refractivity contribution in [2.45, 2.75) is 0 Å². The van der Waals surface area contributed by atoms with E-state index >= 15 is 0 Å². The van der Waals surface area contributed by atoms with E-state index in [2.05, 4.69) is 43.5 Å². The van der Waals surface area contributed by atoms with Crippen molar-refractivity contribution in [3.05, 3.63) is 26.0 Å². The number of hydrogen-bond donors (Lipinski definition) is 2. The van der Waals surface area contributed by atoms with Crippen molar-refractivity contribution in [2.75, 3.05) is 0 Å². The molecule has 1 aromatic rings. The van der Waals surface area contributed by atoms with E-state index in [1.807, 2.05) is 5.43 Å². The first-order valence-corrected chi connectivity index (χ1v) is 4.84. The Kier molecular flexibility index (Phi) is 3.41. The third-order valence-corrected chi connectivity index (χ3v) is 2.35. The van der Waals surface area contributed by atoms with Crippen LogP contribution in [-0.2, 0) is 0 Å². The number of carbonyl (C=O) groups excluding carboxylic acids is 1. The Labute approximate surface area is 91.2 Å². The number of hydrazine groups is 1.